The molecule has 1 saturated heterocycles. The van der Waals surface area contributed by atoms with Crippen LogP contribution in [0, 0.1) is 0 Å². The Morgan fingerprint density at radius 1 is 1.00 bits per heavy atom. The van der Waals surface area contributed by atoms with Crippen molar-refractivity contribution in [3.8, 4) is 0 Å². The van der Waals surface area contributed by atoms with Crippen molar-refractivity contribution >= 4 is 17.9 Å². The number of rotatable bonds is 4. The molecule has 0 spiro atoms. The van der Waals surface area contributed by atoms with Crippen LogP contribution in [0.15, 0.2) is 0 Å². The van der Waals surface area contributed by atoms with Crippen molar-refractivity contribution < 1.29 is 33.3 Å². The molecule has 8 nitrogen and oxygen atoms in total. The Bertz CT molecular complexity index is 384. The van der Waals surface area contributed by atoms with Gasteiger partial charge in [0.1, 0.15) is 6.10 Å². The lowest BCUT2D eigenvalue weighted by Gasteiger charge is -2.40. The molecule has 20 heavy (non-hydrogen) atoms. The first kappa shape index (κ1) is 16.4. The molecule has 0 aromatic rings. The number of carbonyl (C=O) groups excluding carboxylic acids is 3. The molecule has 8 heteroatoms. The minimum atomic E-state index is -0.942. The quantitative estimate of drug-likeness (QED) is 0.525. The van der Waals surface area contributed by atoms with Gasteiger partial charge in [-0.1, -0.05) is 0 Å². The summed E-state index contributed by atoms with van der Waals surface area (Å²) in [6.45, 7) is 3.73. The summed E-state index contributed by atoms with van der Waals surface area (Å²) in [6.07, 6.45) is -3.33. The van der Waals surface area contributed by atoms with Crippen LogP contribution in [0.4, 0.5) is 0 Å². The van der Waals surface area contributed by atoms with Gasteiger partial charge in [-0.25, -0.2) is 0 Å². The molecule has 1 rings (SSSR count). The van der Waals surface area contributed by atoms with E-state index in [-0.39, 0.29) is 13.2 Å². The van der Waals surface area contributed by atoms with Gasteiger partial charge in [-0.15, -0.1) is 0 Å². The van der Waals surface area contributed by atoms with Crippen LogP contribution in [0.2, 0.25) is 0 Å². The van der Waals surface area contributed by atoms with Gasteiger partial charge in [0.25, 0.3) is 0 Å². The maximum absolute atomic E-state index is 11.2. The van der Waals surface area contributed by atoms with Gasteiger partial charge in [0.2, 0.25) is 0 Å². The van der Waals surface area contributed by atoms with Crippen LogP contribution in [-0.4, -0.2) is 55.5 Å². The van der Waals surface area contributed by atoms with Crippen LogP contribution in [0.3, 0.4) is 0 Å². The Labute approximate surface area is 116 Å². The monoisotopic (exact) mass is 289 g/mol. The second-order valence-corrected chi connectivity index (χ2v) is 4.40. The van der Waals surface area contributed by atoms with Gasteiger partial charge >= 0.3 is 17.9 Å². The van der Waals surface area contributed by atoms with Gasteiger partial charge in [0.05, 0.1) is 6.61 Å². The number of hydrogen-bond donors (Lipinski definition) is 1. The maximum atomic E-state index is 11.2. The first-order chi connectivity index (χ1) is 9.35. The van der Waals surface area contributed by atoms with E-state index in [9.17, 15) is 14.4 Å². The fourth-order valence-electron chi connectivity index (χ4n) is 2.02. The molecule has 0 aromatic heterocycles. The van der Waals surface area contributed by atoms with E-state index in [1.54, 1.807) is 0 Å². The number of esters is 3. The minimum Gasteiger partial charge on any atom is -0.456 e. The summed E-state index contributed by atoms with van der Waals surface area (Å²) in [5.41, 5.74) is 5.54. The lowest BCUT2D eigenvalue weighted by atomic mass is 9.99. The Hall–Kier alpha value is -1.67. The molecule has 4 atom stereocenters. The predicted octanol–water partition coefficient (Wildman–Crippen LogP) is -0.861. The molecule has 0 bridgehead atoms. The second-order valence-electron chi connectivity index (χ2n) is 4.40. The molecule has 0 saturated carbocycles. The summed E-state index contributed by atoms with van der Waals surface area (Å²) in [6, 6.07) is 0. The molecule has 0 radical (unpaired) electrons. The highest BCUT2D eigenvalue weighted by Gasteiger charge is 2.46. The number of carbonyl (C=O) groups is 3. The zero-order valence-corrected chi connectivity index (χ0v) is 11.7. The standard InChI is InChI=1S/C12H19NO7/c1-6(14)18-10-5-17-9(4-13)11(19-7(2)15)12(10)20-8(3)16/h9-12H,4-5,13H2,1-3H3/t9-,10+,11-,12-/m0/s1. The van der Waals surface area contributed by atoms with Crippen molar-refractivity contribution in [1.29, 1.82) is 0 Å². The summed E-state index contributed by atoms with van der Waals surface area (Å²) in [5, 5.41) is 0. The van der Waals surface area contributed by atoms with Crippen LogP contribution in [0.25, 0.3) is 0 Å². The van der Waals surface area contributed by atoms with Crippen LogP contribution in [0.1, 0.15) is 20.8 Å². The zero-order valence-electron chi connectivity index (χ0n) is 11.7. The van der Waals surface area contributed by atoms with Crippen molar-refractivity contribution in [3.05, 3.63) is 0 Å². The lowest BCUT2D eigenvalue weighted by Crippen LogP contribution is -2.59. The van der Waals surface area contributed by atoms with Crippen molar-refractivity contribution in [2.24, 2.45) is 5.73 Å². The largest absolute Gasteiger partial charge is 0.456 e. The highest BCUT2D eigenvalue weighted by molar-refractivity contribution is 5.68. The average molecular weight is 289 g/mol. The smallest absolute Gasteiger partial charge is 0.303 e. The molecule has 114 valence electrons. The van der Waals surface area contributed by atoms with E-state index < -0.39 is 42.3 Å². The van der Waals surface area contributed by atoms with Gasteiger partial charge in [-0.05, 0) is 0 Å². The minimum absolute atomic E-state index is 0.0111. The van der Waals surface area contributed by atoms with E-state index in [2.05, 4.69) is 0 Å². The van der Waals surface area contributed by atoms with E-state index in [0.29, 0.717) is 0 Å². The van der Waals surface area contributed by atoms with Gasteiger partial charge < -0.3 is 24.7 Å². The third-order valence-corrected chi connectivity index (χ3v) is 2.68. The van der Waals surface area contributed by atoms with Crippen LogP contribution >= 0.6 is 0 Å². The molecule has 0 aromatic carbocycles. The number of ether oxygens (including phenoxy) is 4. The summed E-state index contributed by atoms with van der Waals surface area (Å²) >= 11 is 0. The van der Waals surface area contributed by atoms with Crippen molar-refractivity contribution in [2.45, 2.75) is 45.2 Å². The van der Waals surface area contributed by atoms with E-state index in [1.807, 2.05) is 0 Å². The summed E-state index contributed by atoms with van der Waals surface area (Å²) in [4.78, 5) is 33.4. The second kappa shape index (κ2) is 7.20. The lowest BCUT2D eigenvalue weighted by molar-refractivity contribution is -0.224. The van der Waals surface area contributed by atoms with Crippen molar-refractivity contribution in [3.63, 3.8) is 0 Å². The van der Waals surface area contributed by atoms with Crippen LogP contribution in [0.5, 0.6) is 0 Å². The number of nitrogens with two attached hydrogens (primary N) is 1. The Balaban J connectivity index is 2.95. The zero-order chi connectivity index (χ0) is 15.3. The Morgan fingerprint density at radius 3 is 1.95 bits per heavy atom. The van der Waals surface area contributed by atoms with E-state index in [1.165, 1.54) is 20.8 Å². The molecule has 0 aliphatic carbocycles. The predicted molar refractivity (Wildman–Crippen MR) is 65.5 cm³/mol. The number of hydrogen-bond acceptors (Lipinski definition) is 8. The molecular weight excluding hydrogens is 270 g/mol. The topological polar surface area (TPSA) is 114 Å². The molecule has 1 aliphatic heterocycles. The van der Waals surface area contributed by atoms with E-state index in [4.69, 9.17) is 24.7 Å². The van der Waals surface area contributed by atoms with Gasteiger partial charge in [-0.2, -0.15) is 0 Å². The van der Waals surface area contributed by atoms with Crippen LogP contribution in [-0.2, 0) is 33.3 Å². The third kappa shape index (κ3) is 4.46. The Morgan fingerprint density at radius 2 is 1.50 bits per heavy atom. The molecule has 1 aliphatic rings. The highest BCUT2D eigenvalue weighted by atomic mass is 16.6. The van der Waals surface area contributed by atoms with Crippen molar-refractivity contribution in [1.82, 2.24) is 0 Å². The first-order valence-electron chi connectivity index (χ1n) is 6.18. The van der Waals surface area contributed by atoms with Gasteiger partial charge in [0.15, 0.2) is 18.3 Å². The third-order valence-electron chi connectivity index (χ3n) is 2.68. The van der Waals surface area contributed by atoms with Crippen LogP contribution < -0.4 is 5.73 Å². The fraction of sp³-hybridized carbons (Fsp3) is 0.750. The Kier molecular flexibility index (Phi) is 5.90. The van der Waals surface area contributed by atoms with E-state index in [0.717, 1.165) is 0 Å². The molecule has 0 unspecified atom stereocenters. The fourth-order valence-corrected chi connectivity index (χ4v) is 2.02. The molecule has 2 N–H and O–H groups in total. The SMILES string of the molecule is CC(=O)O[C@@H]1[C@@H](OC(C)=O)[C@H](OC(C)=O)CO[C@H]1CN. The normalized spacial score (nSPS) is 29.4. The summed E-state index contributed by atoms with van der Waals surface area (Å²) in [7, 11) is 0. The molecule has 1 heterocycles. The van der Waals surface area contributed by atoms with Crippen molar-refractivity contribution in [2.75, 3.05) is 13.2 Å². The molecule has 0 amide bonds. The van der Waals surface area contributed by atoms with Gasteiger partial charge in [-0.3, -0.25) is 14.4 Å². The first-order valence-corrected chi connectivity index (χ1v) is 6.18. The highest BCUT2D eigenvalue weighted by Crippen LogP contribution is 2.23. The average Bonchev–Trinajstić information content (AvgIpc) is 2.31. The molecular formula is C12H19NO7. The maximum Gasteiger partial charge on any atom is 0.303 e. The molecule has 1 fully saturated rings. The summed E-state index contributed by atoms with van der Waals surface area (Å²) < 4.78 is 20.7. The van der Waals surface area contributed by atoms with E-state index >= 15 is 0 Å². The van der Waals surface area contributed by atoms with Gasteiger partial charge in [0, 0.05) is 27.3 Å². The summed E-state index contributed by atoms with van der Waals surface area (Å²) in [5.74, 6) is -1.71.